The molecule has 1 aromatic carbocycles. The number of nitrogens with one attached hydrogen (secondary N) is 1. The molecule has 1 N–H and O–H groups in total. The van der Waals surface area contributed by atoms with Crippen LogP contribution in [0.25, 0.3) is 6.08 Å². The Hall–Kier alpha value is -2.47. The maximum absolute atomic E-state index is 12.6. The lowest BCUT2D eigenvalue weighted by molar-refractivity contribution is -0.128. The molecule has 132 valence electrons. The molecule has 2 amide bonds. The molecule has 0 radical (unpaired) electrons. The van der Waals surface area contributed by atoms with Crippen LogP contribution in [0.1, 0.15) is 36.5 Å². The molecular formula is C19H22N2O3S. The molecule has 6 heteroatoms. The Bertz CT molecular complexity index is 781. The Labute approximate surface area is 153 Å². The van der Waals surface area contributed by atoms with Gasteiger partial charge in [0, 0.05) is 6.54 Å². The van der Waals surface area contributed by atoms with E-state index in [0.717, 1.165) is 22.4 Å². The second-order valence-corrected chi connectivity index (χ2v) is 6.51. The first kappa shape index (κ1) is 18.9. The van der Waals surface area contributed by atoms with E-state index in [4.69, 9.17) is 17.0 Å². The van der Waals surface area contributed by atoms with Crippen LogP contribution in [0.5, 0.6) is 5.75 Å². The van der Waals surface area contributed by atoms with Gasteiger partial charge in [0.1, 0.15) is 11.3 Å². The maximum atomic E-state index is 12.6. The molecule has 1 saturated heterocycles. The van der Waals surface area contributed by atoms with Crippen molar-refractivity contribution in [1.82, 2.24) is 10.2 Å². The van der Waals surface area contributed by atoms with Crippen molar-refractivity contribution in [2.24, 2.45) is 0 Å². The van der Waals surface area contributed by atoms with Gasteiger partial charge in [-0.1, -0.05) is 19.9 Å². The zero-order chi connectivity index (χ0) is 18.7. The van der Waals surface area contributed by atoms with E-state index in [-0.39, 0.29) is 23.1 Å². The number of aryl methyl sites for hydroxylation is 1. The molecular weight excluding hydrogens is 336 g/mol. The fourth-order valence-electron chi connectivity index (χ4n) is 2.64. The average Bonchev–Trinajstić information content (AvgIpc) is 2.55. The third kappa shape index (κ3) is 3.79. The van der Waals surface area contributed by atoms with E-state index in [9.17, 15) is 9.59 Å². The van der Waals surface area contributed by atoms with Crippen molar-refractivity contribution in [3.63, 3.8) is 0 Å². The zero-order valence-corrected chi connectivity index (χ0v) is 15.7. The number of ether oxygens (including phenoxy) is 1. The van der Waals surface area contributed by atoms with Gasteiger partial charge in [-0.15, -0.1) is 6.58 Å². The van der Waals surface area contributed by atoms with Gasteiger partial charge in [0.15, 0.2) is 5.11 Å². The molecule has 0 spiro atoms. The van der Waals surface area contributed by atoms with E-state index in [1.165, 1.54) is 4.90 Å². The molecule has 1 heterocycles. The number of benzene rings is 1. The molecule has 0 unspecified atom stereocenters. The monoisotopic (exact) mass is 358 g/mol. The molecule has 5 nitrogen and oxygen atoms in total. The van der Waals surface area contributed by atoms with Crippen LogP contribution in [-0.4, -0.2) is 35.5 Å². The summed E-state index contributed by atoms with van der Waals surface area (Å²) in [5, 5.41) is 2.65. The topological polar surface area (TPSA) is 58.6 Å². The summed E-state index contributed by atoms with van der Waals surface area (Å²) in [5.41, 5.74) is 2.78. The number of hydrogen-bond donors (Lipinski definition) is 1. The highest BCUT2D eigenvalue weighted by molar-refractivity contribution is 7.80. The molecule has 0 bridgehead atoms. The zero-order valence-electron chi connectivity index (χ0n) is 14.9. The quantitative estimate of drug-likeness (QED) is 0.381. The number of carbonyl (C=O) groups is 2. The number of nitrogens with zero attached hydrogens (tertiary/aromatic N) is 1. The molecule has 1 aromatic rings. The van der Waals surface area contributed by atoms with Crippen LogP contribution in [0.3, 0.4) is 0 Å². The van der Waals surface area contributed by atoms with Gasteiger partial charge in [0.25, 0.3) is 11.8 Å². The van der Waals surface area contributed by atoms with Crippen molar-refractivity contribution in [2.75, 3.05) is 13.7 Å². The normalized spacial score (nSPS) is 16.4. The highest BCUT2D eigenvalue weighted by Crippen LogP contribution is 2.31. The molecule has 0 saturated carbocycles. The number of carbonyl (C=O) groups excluding carboxylic acids is 2. The number of amides is 2. The first-order valence-electron chi connectivity index (χ1n) is 7.98. The second-order valence-electron chi connectivity index (χ2n) is 6.13. The van der Waals surface area contributed by atoms with Crippen LogP contribution in [0.4, 0.5) is 0 Å². The lowest BCUT2D eigenvalue weighted by Crippen LogP contribution is -2.53. The predicted octanol–water partition coefficient (Wildman–Crippen LogP) is 2.94. The molecule has 1 fully saturated rings. The van der Waals surface area contributed by atoms with Gasteiger partial charge in [-0.05, 0) is 60.0 Å². The van der Waals surface area contributed by atoms with Crippen molar-refractivity contribution in [3.05, 3.63) is 47.1 Å². The Morgan fingerprint density at radius 2 is 2.04 bits per heavy atom. The molecule has 2 rings (SSSR count). The van der Waals surface area contributed by atoms with Crippen molar-refractivity contribution in [1.29, 1.82) is 0 Å². The Morgan fingerprint density at radius 1 is 1.36 bits per heavy atom. The number of rotatable bonds is 5. The first-order chi connectivity index (χ1) is 11.8. The van der Waals surface area contributed by atoms with Gasteiger partial charge in [-0.2, -0.15) is 0 Å². The molecule has 0 aromatic heterocycles. The SMILES string of the molecule is C=CCN1C(=O)/C(=C/c2cc(C(C)C)c(OC)cc2C)C(=O)NC1=S. The third-order valence-electron chi connectivity index (χ3n) is 4.04. The Balaban J connectivity index is 2.52. The molecule has 25 heavy (non-hydrogen) atoms. The Morgan fingerprint density at radius 3 is 2.60 bits per heavy atom. The smallest absolute Gasteiger partial charge is 0.265 e. The minimum atomic E-state index is -0.489. The lowest BCUT2D eigenvalue weighted by Gasteiger charge is -2.28. The van der Waals surface area contributed by atoms with Crippen LogP contribution in [0, 0.1) is 6.92 Å². The summed E-state index contributed by atoms with van der Waals surface area (Å²) in [6.07, 6.45) is 3.17. The maximum Gasteiger partial charge on any atom is 0.265 e. The fourth-order valence-corrected chi connectivity index (χ4v) is 2.89. The standard InChI is InChI=1S/C19H22N2O3S/c1-6-7-21-18(23)15(17(22)20-19(21)25)10-13-9-14(11(2)3)16(24-5)8-12(13)4/h6,8-11H,1,7H2,2-5H3,(H,20,22,25)/b15-10+. The largest absolute Gasteiger partial charge is 0.496 e. The molecule has 1 aliphatic heterocycles. The number of thiocarbonyl (C=S) groups is 1. The van der Waals surface area contributed by atoms with Gasteiger partial charge in [0.2, 0.25) is 0 Å². The molecule has 0 atom stereocenters. The van der Waals surface area contributed by atoms with Crippen LogP contribution in [0.2, 0.25) is 0 Å². The summed E-state index contributed by atoms with van der Waals surface area (Å²) >= 11 is 5.06. The van der Waals surface area contributed by atoms with Crippen molar-refractivity contribution < 1.29 is 14.3 Å². The molecule has 0 aliphatic carbocycles. The van der Waals surface area contributed by atoms with E-state index in [0.29, 0.717) is 0 Å². The summed E-state index contributed by atoms with van der Waals surface area (Å²) in [4.78, 5) is 26.2. The number of methoxy groups -OCH3 is 1. The van der Waals surface area contributed by atoms with Crippen LogP contribution < -0.4 is 10.1 Å². The predicted molar refractivity (Wildman–Crippen MR) is 102 cm³/mol. The molecule has 1 aliphatic rings. The highest BCUT2D eigenvalue weighted by atomic mass is 32.1. The van der Waals surface area contributed by atoms with Gasteiger partial charge >= 0.3 is 0 Å². The van der Waals surface area contributed by atoms with Crippen molar-refractivity contribution >= 4 is 35.2 Å². The lowest BCUT2D eigenvalue weighted by atomic mass is 9.95. The van der Waals surface area contributed by atoms with E-state index in [2.05, 4.69) is 25.7 Å². The van der Waals surface area contributed by atoms with Gasteiger partial charge in [0.05, 0.1) is 7.11 Å². The second kappa shape index (κ2) is 7.61. The van der Waals surface area contributed by atoms with Gasteiger partial charge in [-0.3, -0.25) is 19.8 Å². The van der Waals surface area contributed by atoms with Crippen LogP contribution in [-0.2, 0) is 9.59 Å². The summed E-state index contributed by atoms with van der Waals surface area (Å²) in [6.45, 7) is 9.90. The summed E-state index contributed by atoms with van der Waals surface area (Å²) in [7, 11) is 1.63. The van der Waals surface area contributed by atoms with Crippen LogP contribution in [0.15, 0.2) is 30.4 Å². The van der Waals surface area contributed by atoms with Crippen molar-refractivity contribution in [2.45, 2.75) is 26.7 Å². The van der Waals surface area contributed by atoms with Gasteiger partial charge in [-0.25, -0.2) is 0 Å². The average molecular weight is 358 g/mol. The third-order valence-corrected chi connectivity index (χ3v) is 4.36. The Kier molecular flexibility index (Phi) is 5.74. The summed E-state index contributed by atoms with van der Waals surface area (Å²) < 4.78 is 5.43. The van der Waals surface area contributed by atoms with E-state index < -0.39 is 11.8 Å². The van der Waals surface area contributed by atoms with Crippen molar-refractivity contribution in [3.8, 4) is 5.75 Å². The summed E-state index contributed by atoms with van der Waals surface area (Å²) in [5.74, 6) is 0.128. The minimum absolute atomic E-state index is 0.0541. The highest BCUT2D eigenvalue weighted by Gasteiger charge is 2.32. The summed E-state index contributed by atoms with van der Waals surface area (Å²) in [6, 6.07) is 3.87. The van der Waals surface area contributed by atoms with E-state index in [1.807, 2.05) is 19.1 Å². The fraction of sp³-hybridized carbons (Fsp3) is 0.316. The van der Waals surface area contributed by atoms with E-state index >= 15 is 0 Å². The van der Waals surface area contributed by atoms with Gasteiger partial charge < -0.3 is 4.74 Å². The van der Waals surface area contributed by atoms with E-state index in [1.54, 1.807) is 19.3 Å². The number of hydrogen-bond acceptors (Lipinski definition) is 4. The first-order valence-corrected chi connectivity index (χ1v) is 8.39. The van der Waals surface area contributed by atoms with Crippen LogP contribution >= 0.6 is 12.2 Å². The minimum Gasteiger partial charge on any atom is -0.496 e.